The van der Waals surface area contributed by atoms with Crippen molar-refractivity contribution in [3.05, 3.63) is 17.7 Å². The summed E-state index contributed by atoms with van der Waals surface area (Å²) in [5.41, 5.74) is 0.110. The maximum absolute atomic E-state index is 12.2. The molecule has 9 heteroatoms. The van der Waals surface area contributed by atoms with Crippen molar-refractivity contribution in [2.75, 3.05) is 38.2 Å². The van der Waals surface area contributed by atoms with Gasteiger partial charge in [-0.2, -0.15) is 4.98 Å². The molecule has 0 aliphatic carbocycles. The van der Waals surface area contributed by atoms with Gasteiger partial charge in [0, 0.05) is 26.2 Å². The molecule has 0 aromatic carbocycles. The van der Waals surface area contributed by atoms with Crippen molar-refractivity contribution in [3.63, 3.8) is 0 Å². The van der Waals surface area contributed by atoms with E-state index in [4.69, 9.17) is 21.1 Å². The van der Waals surface area contributed by atoms with Gasteiger partial charge < -0.3 is 19.3 Å². The lowest BCUT2D eigenvalue weighted by molar-refractivity contribution is 0.0240. The third-order valence-corrected chi connectivity index (χ3v) is 4.15. The first kappa shape index (κ1) is 21.9. The van der Waals surface area contributed by atoms with Crippen LogP contribution in [0.1, 0.15) is 34.6 Å². The summed E-state index contributed by atoms with van der Waals surface area (Å²) in [4.78, 5) is 28.7. The summed E-state index contributed by atoms with van der Waals surface area (Å²) in [6, 6.07) is 0. The van der Waals surface area contributed by atoms with E-state index in [2.05, 4.69) is 19.9 Å². The minimum atomic E-state index is -0.509. The van der Waals surface area contributed by atoms with Crippen LogP contribution in [0.5, 0.6) is 5.75 Å². The maximum Gasteiger partial charge on any atom is 0.410 e. The van der Waals surface area contributed by atoms with Crippen LogP contribution in [0.25, 0.3) is 10.9 Å². The summed E-state index contributed by atoms with van der Waals surface area (Å²) in [5.74, 6) is 1.27. The fraction of sp³-hybridized carbons (Fsp3) is 0.579. The lowest BCUT2D eigenvalue weighted by Gasteiger charge is -2.36. The Morgan fingerprint density at radius 3 is 2.32 bits per heavy atom. The second-order valence-electron chi connectivity index (χ2n) is 7.01. The number of nitrogens with zero attached hydrogens (tertiary/aromatic N) is 5. The number of halogens is 1. The van der Waals surface area contributed by atoms with Crippen molar-refractivity contribution >= 4 is 34.4 Å². The van der Waals surface area contributed by atoms with E-state index in [1.807, 2.05) is 34.6 Å². The molecule has 154 valence electrons. The van der Waals surface area contributed by atoms with E-state index < -0.39 is 5.60 Å². The topological polar surface area (TPSA) is 80.7 Å². The molecule has 1 saturated heterocycles. The van der Waals surface area contributed by atoms with E-state index in [0.29, 0.717) is 43.3 Å². The first-order valence-corrected chi connectivity index (χ1v) is 9.74. The summed E-state index contributed by atoms with van der Waals surface area (Å²) in [6.07, 6.45) is 2.95. The normalized spacial score (nSPS) is 14.4. The van der Waals surface area contributed by atoms with E-state index in [1.165, 1.54) is 0 Å². The van der Waals surface area contributed by atoms with Crippen LogP contribution < -0.4 is 9.64 Å². The zero-order chi connectivity index (χ0) is 20.9. The molecule has 8 nitrogen and oxygen atoms in total. The number of anilines is 1. The standard InChI is InChI=1S/C17H22ClN5O3.C2H6/c1-17(2,3)26-16(24)23-7-5-22(6-8-23)14-13-11(20-15(18)21-14)9-19-10-12(13)25-4;1-2/h9-10H,5-8H2,1-4H3;1-2H3. The van der Waals surface area contributed by atoms with Gasteiger partial charge in [-0.1, -0.05) is 13.8 Å². The number of pyridine rings is 1. The van der Waals surface area contributed by atoms with Gasteiger partial charge in [-0.3, -0.25) is 4.98 Å². The van der Waals surface area contributed by atoms with Gasteiger partial charge in [0.25, 0.3) is 0 Å². The van der Waals surface area contributed by atoms with Gasteiger partial charge in [-0.15, -0.1) is 0 Å². The maximum atomic E-state index is 12.2. The molecule has 3 rings (SSSR count). The number of hydrogen-bond donors (Lipinski definition) is 0. The molecular weight excluding hydrogens is 382 g/mol. The van der Waals surface area contributed by atoms with Crippen LogP contribution in [0, 0.1) is 0 Å². The molecule has 0 spiro atoms. The highest BCUT2D eigenvalue weighted by atomic mass is 35.5. The molecule has 1 fully saturated rings. The predicted octanol–water partition coefficient (Wildman–Crippen LogP) is 3.77. The summed E-state index contributed by atoms with van der Waals surface area (Å²) in [7, 11) is 1.58. The molecule has 0 unspecified atom stereocenters. The van der Waals surface area contributed by atoms with Crippen molar-refractivity contribution in [1.82, 2.24) is 19.9 Å². The number of carbonyl (C=O) groups is 1. The summed E-state index contributed by atoms with van der Waals surface area (Å²) < 4.78 is 10.9. The van der Waals surface area contributed by atoms with E-state index in [0.717, 1.165) is 5.39 Å². The Bertz CT molecular complexity index is 817. The van der Waals surface area contributed by atoms with Crippen molar-refractivity contribution in [3.8, 4) is 5.75 Å². The second-order valence-corrected chi connectivity index (χ2v) is 7.34. The largest absolute Gasteiger partial charge is 0.494 e. The van der Waals surface area contributed by atoms with Gasteiger partial charge in [0.05, 0.1) is 30.4 Å². The van der Waals surface area contributed by atoms with E-state index >= 15 is 0 Å². The molecule has 2 aromatic rings. The van der Waals surface area contributed by atoms with E-state index in [9.17, 15) is 4.79 Å². The van der Waals surface area contributed by atoms with Crippen LogP contribution in [-0.4, -0.2) is 64.8 Å². The Kier molecular flexibility index (Phi) is 7.23. The number of fused-ring (bicyclic) bond motifs is 1. The molecule has 1 aliphatic rings. The highest BCUT2D eigenvalue weighted by Crippen LogP contribution is 2.33. The first-order valence-electron chi connectivity index (χ1n) is 9.36. The Morgan fingerprint density at radius 2 is 1.75 bits per heavy atom. The number of amides is 1. The van der Waals surface area contributed by atoms with Gasteiger partial charge in [0.1, 0.15) is 17.2 Å². The highest BCUT2D eigenvalue weighted by molar-refractivity contribution is 6.29. The number of rotatable bonds is 2. The Hall–Kier alpha value is -2.35. The zero-order valence-electron chi connectivity index (χ0n) is 17.3. The SMILES string of the molecule is CC.COc1cncc2nc(Cl)nc(N3CCN(C(=O)OC(C)(C)C)CC3)c12. The molecule has 1 aliphatic heterocycles. The lowest BCUT2D eigenvalue weighted by atomic mass is 10.2. The molecule has 0 radical (unpaired) electrons. The molecule has 3 heterocycles. The van der Waals surface area contributed by atoms with Gasteiger partial charge in [-0.05, 0) is 32.4 Å². The van der Waals surface area contributed by atoms with Crippen LogP contribution in [0.4, 0.5) is 10.6 Å². The van der Waals surface area contributed by atoms with Crippen LogP contribution >= 0.6 is 11.6 Å². The summed E-state index contributed by atoms with van der Waals surface area (Å²) in [5, 5.41) is 0.912. The van der Waals surface area contributed by atoms with Gasteiger partial charge >= 0.3 is 6.09 Å². The zero-order valence-corrected chi connectivity index (χ0v) is 18.1. The van der Waals surface area contributed by atoms with E-state index in [-0.39, 0.29) is 11.4 Å². The quantitative estimate of drug-likeness (QED) is 0.698. The average Bonchev–Trinajstić information content (AvgIpc) is 2.67. The lowest BCUT2D eigenvalue weighted by Crippen LogP contribution is -2.50. The van der Waals surface area contributed by atoms with Gasteiger partial charge in [0.15, 0.2) is 0 Å². The number of ether oxygens (including phenoxy) is 2. The Balaban J connectivity index is 0.00000136. The molecule has 0 saturated carbocycles. The summed E-state index contributed by atoms with van der Waals surface area (Å²) in [6.45, 7) is 11.8. The number of aromatic nitrogens is 3. The van der Waals surface area contributed by atoms with Crippen LogP contribution in [0.2, 0.25) is 5.28 Å². The second kappa shape index (κ2) is 9.23. The predicted molar refractivity (Wildman–Crippen MR) is 110 cm³/mol. The Labute approximate surface area is 170 Å². The number of hydrogen-bond acceptors (Lipinski definition) is 7. The molecule has 0 N–H and O–H groups in total. The smallest absolute Gasteiger partial charge is 0.410 e. The van der Waals surface area contributed by atoms with Gasteiger partial charge in [-0.25, -0.2) is 9.78 Å². The molecule has 28 heavy (non-hydrogen) atoms. The molecule has 2 aromatic heterocycles. The third-order valence-electron chi connectivity index (χ3n) is 3.98. The number of piperazine rings is 1. The number of methoxy groups -OCH3 is 1. The monoisotopic (exact) mass is 409 g/mol. The van der Waals surface area contributed by atoms with Crippen molar-refractivity contribution in [2.45, 2.75) is 40.2 Å². The molecular formula is C19H28ClN5O3. The molecule has 0 atom stereocenters. The fourth-order valence-electron chi connectivity index (χ4n) is 2.82. The average molecular weight is 410 g/mol. The van der Waals surface area contributed by atoms with Crippen LogP contribution in [0.3, 0.4) is 0 Å². The number of carbonyl (C=O) groups excluding carboxylic acids is 1. The van der Waals surface area contributed by atoms with Crippen LogP contribution in [0.15, 0.2) is 12.4 Å². The van der Waals surface area contributed by atoms with Crippen molar-refractivity contribution in [1.29, 1.82) is 0 Å². The molecule has 0 bridgehead atoms. The highest BCUT2D eigenvalue weighted by Gasteiger charge is 2.28. The van der Waals surface area contributed by atoms with Crippen molar-refractivity contribution < 1.29 is 14.3 Å². The van der Waals surface area contributed by atoms with Gasteiger partial charge in [0.2, 0.25) is 5.28 Å². The van der Waals surface area contributed by atoms with Crippen molar-refractivity contribution in [2.24, 2.45) is 0 Å². The van der Waals surface area contributed by atoms with E-state index in [1.54, 1.807) is 24.4 Å². The Morgan fingerprint density at radius 1 is 1.11 bits per heavy atom. The first-order chi connectivity index (χ1) is 13.3. The fourth-order valence-corrected chi connectivity index (χ4v) is 2.99. The van der Waals surface area contributed by atoms with Crippen LogP contribution in [-0.2, 0) is 4.74 Å². The minimum Gasteiger partial charge on any atom is -0.494 e. The third kappa shape index (κ3) is 5.13. The summed E-state index contributed by atoms with van der Waals surface area (Å²) >= 11 is 6.09. The minimum absolute atomic E-state index is 0.150. The molecule has 1 amide bonds.